The molecule has 1 aromatic carbocycles. The van der Waals surface area contributed by atoms with Gasteiger partial charge in [0.1, 0.15) is 5.60 Å². The van der Waals surface area contributed by atoms with Crippen LogP contribution in [0, 0.1) is 18.8 Å². The number of halogens is 1. The smallest absolute Gasteiger partial charge is 0.265 e. The molecule has 5 heteroatoms. The van der Waals surface area contributed by atoms with E-state index < -0.39 is 5.60 Å². The molecule has 0 unspecified atom stereocenters. The molecule has 0 atom stereocenters. The van der Waals surface area contributed by atoms with Crippen molar-refractivity contribution in [1.82, 2.24) is 0 Å². The summed E-state index contributed by atoms with van der Waals surface area (Å²) in [4.78, 5) is 13.5. The molecule has 3 nitrogen and oxygen atoms in total. The van der Waals surface area contributed by atoms with Gasteiger partial charge >= 0.3 is 0 Å². The Morgan fingerprint density at radius 3 is 2.68 bits per heavy atom. The van der Waals surface area contributed by atoms with Crippen LogP contribution in [0.2, 0.25) is 5.02 Å². The Labute approximate surface area is 138 Å². The summed E-state index contributed by atoms with van der Waals surface area (Å²) in [6.07, 6.45) is 0. The number of anilines is 1. The van der Waals surface area contributed by atoms with Gasteiger partial charge in [-0.15, -0.1) is 11.3 Å². The van der Waals surface area contributed by atoms with Crippen LogP contribution in [0.3, 0.4) is 0 Å². The number of thiophene rings is 1. The zero-order valence-electron chi connectivity index (χ0n) is 12.5. The van der Waals surface area contributed by atoms with Crippen LogP contribution in [-0.4, -0.2) is 16.6 Å². The molecule has 1 amide bonds. The van der Waals surface area contributed by atoms with Crippen molar-refractivity contribution in [2.45, 2.75) is 26.4 Å². The first-order valence-corrected chi connectivity index (χ1v) is 7.87. The van der Waals surface area contributed by atoms with E-state index in [0.29, 0.717) is 15.6 Å². The van der Waals surface area contributed by atoms with Crippen LogP contribution in [0.5, 0.6) is 0 Å². The van der Waals surface area contributed by atoms with Gasteiger partial charge in [0.2, 0.25) is 0 Å². The van der Waals surface area contributed by atoms with E-state index in [4.69, 9.17) is 11.6 Å². The van der Waals surface area contributed by atoms with Crippen LogP contribution < -0.4 is 5.32 Å². The average Bonchev–Trinajstić information content (AvgIpc) is 2.89. The van der Waals surface area contributed by atoms with Crippen molar-refractivity contribution in [2.24, 2.45) is 0 Å². The minimum absolute atomic E-state index is 0.207. The first kappa shape index (κ1) is 16.6. The van der Waals surface area contributed by atoms with E-state index in [-0.39, 0.29) is 5.91 Å². The number of hydrogen-bond donors (Lipinski definition) is 2. The molecule has 2 N–H and O–H groups in total. The van der Waals surface area contributed by atoms with Gasteiger partial charge in [-0.05, 0) is 50.6 Å². The van der Waals surface area contributed by atoms with Gasteiger partial charge in [-0.2, -0.15) is 0 Å². The number of aryl methyl sites for hydroxylation is 1. The van der Waals surface area contributed by atoms with Crippen molar-refractivity contribution >= 4 is 34.5 Å². The van der Waals surface area contributed by atoms with Gasteiger partial charge in [0.05, 0.1) is 9.75 Å². The minimum Gasteiger partial charge on any atom is -0.378 e. The lowest BCUT2D eigenvalue weighted by Gasteiger charge is -2.05. The molecule has 2 rings (SSSR count). The third-order valence-corrected chi connectivity index (χ3v) is 4.16. The first-order chi connectivity index (χ1) is 10.2. The number of nitrogens with one attached hydrogen (secondary N) is 1. The summed E-state index contributed by atoms with van der Waals surface area (Å²) < 4.78 is 0. The number of carbonyl (C=O) groups is 1. The molecule has 0 fully saturated rings. The number of hydrogen-bond acceptors (Lipinski definition) is 3. The number of amides is 1. The highest BCUT2D eigenvalue weighted by Crippen LogP contribution is 2.22. The van der Waals surface area contributed by atoms with Crippen molar-refractivity contribution < 1.29 is 9.90 Å². The Bertz CT molecular complexity index is 763. The lowest BCUT2D eigenvalue weighted by atomic mass is 10.1. The molecule has 0 saturated heterocycles. The molecule has 0 bridgehead atoms. The zero-order chi connectivity index (χ0) is 16.3. The Morgan fingerprint density at radius 2 is 2.05 bits per heavy atom. The molecule has 114 valence electrons. The molecule has 2 aromatic rings. The first-order valence-electron chi connectivity index (χ1n) is 6.67. The van der Waals surface area contributed by atoms with Crippen molar-refractivity contribution in [2.75, 3.05) is 5.32 Å². The molecule has 1 heterocycles. The minimum atomic E-state index is -1.05. The third-order valence-electron chi connectivity index (χ3n) is 2.75. The number of aliphatic hydroxyl groups is 1. The highest BCUT2D eigenvalue weighted by Gasteiger charge is 2.10. The zero-order valence-corrected chi connectivity index (χ0v) is 14.1. The van der Waals surface area contributed by atoms with Gasteiger partial charge in [0, 0.05) is 10.7 Å². The summed E-state index contributed by atoms with van der Waals surface area (Å²) in [6, 6.07) is 8.86. The predicted octanol–water partition coefficient (Wildman–Crippen LogP) is 4.08. The highest BCUT2D eigenvalue weighted by atomic mass is 35.5. The van der Waals surface area contributed by atoms with Gasteiger partial charge in [0.25, 0.3) is 5.91 Å². The van der Waals surface area contributed by atoms with Crippen LogP contribution in [0.4, 0.5) is 5.69 Å². The summed E-state index contributed by atoms with van der Waals surface area (Å²) in [7, 11) is 0. The Balaban J connectivity index is 2.11. The summed E-state index contributed by atoms with van der Waals surface area (Å²) in [5.41, 5.74) is 0.559. The Morgan fingerprint density at radius 1 is 1.32 bits per heavy atom. The van der Waals surface area contributed by atoms with Gasteiger partial charge in [-0.25, -0.2) is 0 Å². The fraction of sp³-hybridized carbons (Fsp3) is 0.235. The monoisotopic (exact) mass is 333 g/mol. The van der Waals surface area contributed by atoms with Crippen molar-refractivity contribution in [3.05, 3.63) is 50.7 Å². The van der Waals surface area contributed by atoms with Crippen LogP contribution in [0.15, 0.2) is 30.3 Å². The number of benzene rings is 1. The lowest BCUT2D eigenvalue weighted by Crippen LogP contribution is -2.14. The molecule has 0 radical (unpaired) electrons. The van der Waals surface area contributed by atoms with E-state index in [2.05, 4.69) is 17.2 Å². The predicted molar refractivity (Wildman–Crippen MR) is 91.6 cm³/mol. The van der Waals surface area contributed by atoms with E-state index in [1.165, 1.54) is 11.3 Å². The van der Waals surface area contributed by atoms with Crippen LogP contribution >= 0.6 is 22.9 Å². The number of rotatable bonds is 2. The topological polar surface area (TPSA) is 49.3 Å². The van der Waals surface area contributed by atoms with Gasteiger partial charge in [-0.3, -0.25) is 4.79 Å². The van der Waals surface area contributed by atoms with Crippen molar-refractivity contribution in [3.63, 3.8) is 0 Å². The molecule has 0 spiro atoms. The average molecular weight is 334 g/mol. The molecule has 1 aromatic heterocycles. The number of carbonyl (C=O) groups excluding carboxylic acids is 1. The second-order valence-electron chi connectivity index (χ2n) is 5.39. The molecule has 22 heavy (non-hydrogen) atoms. The normalized spacial score (nSPS) is 10.8. The summed E-state index contributed by atoms with van der Waals surface area (Å²) >= 11 is 7.32. The molecule has 0 saturated carbocycles. The molecule has 0 aliphatic rings. The van der Waals surface area contributed by atoms with Crippen LogP contribution in [0.1, 0.15) is 34.0 Å². The van der Waals surface area contributed by atoms with Crippen molar-refractivity contribution in [3.8, 4) is 11.8 Å². The maximum Gasteiger partial charge on any atom is 0.265 e. The molecular weight excluding hydrogens is 318 g/mol. The fourth-order valence-electron chi connectivity index (χ4n) is 1.60. The van der Waals surface area contributed by atoms with Crippen LogP contribution in [0.25, 0.3) is 0 Å². The van der Waals surface area contributed by atoms with Gasteiger partial charge in [-0.1, -0.05) is 29.5 Å². The van der Waals surface area contributed by atoms with Crippen molar-refractivity contribution in [1.29, 1.82) is 0 Å². The summed E-state index contributed by atoms with van der Waals surface area (Å²) in [6.45, 7) is 5.13. The van der Waals surface area contributed by atoms with E-state index >= 15 is 0 Å². The summed E-state index contributed by atoms with van der Waals surface area (Å²) in [5.74, 6) is 5.37. The standard InChI is InChI=1S/C17H16ClNO2S/c1-11-4-5-12(10-14(11)18)19-16(20)15-7-6-13(22-15)8-9-17(2,3)21/h4-7,10,21H,1-3H3,(H,19,20). The molecule has 0 aliphatic carbocycles. The lowest BCUT2D eigenvalue weighted by molar-refractivity contribution is 0.103. The van der Waals surface area contributed by atoms with E-state index in [1.807, 2.05) is 19.1 Å². The van der Waals surface area contributed by atoms with Crippen LogP contribution in [-0.2, 0) is 0 Å². The molecular formula is C17H16ClNO2S. The second-order valence-corrected chi connectivity index (χ2v) is 6.88. The maximum absolute atomic E-state index is 12.2. The SMILES string of the molecule is Cc1ccc(NC(=O)c2ccc(C#CC(C)(C)O)s2)cc1Cl. The Kier molecular flexibility index (Phi) is 4.92. The van der Waals surface area contributed by atoms with E-state index in [9.17, 15) is 9.90 Å². The molecule has 0 aliphatic heterocycles. The summed E-state index contributed by atoms with van der Waals surface area (Å²) in [5, 5.41) is 13.0. The maximum atomic E-state index is 12.2. The third kappa shape index (κ3) is 4.60. The second kappa shape index (κ2) is 6.53. The largest absolute Gasteiger partial charge is 0.378 e. The quantitative estimate of drug-likeness (QED) is 0.813. The van der Waals surface area contributed by atoms with E-state index in [1.54, 1.807) is 32.0 Å². The van der Waals surface area contributed by atoms with Gasteiger partial charge < -0.3 is 10.4 Å². The highest BCUT2D eigenvalue weighted by molar-refractivity contribution is 7.14. The van der Waals surface area contributed by atoms with Gasteiger partial charge in [0.15, 0.2) is 0 Å². The van der Waals surface area contributed by atoms with E-state index in [0.717, 1.165) is 10.4 Å². The Hall–Kier alpha value is -1.80. The fourth-order valence-corrected chi connectivity index (χ4v) is 2.54.